The molecule has 0 atom stereocenters. The van der Waals surface area contributed by atoms with Crippen molar-refractivity contribution in [2.45, 2.75) is 33.7 Å². The van der Waals surface area contributed by atoms with Gasteiger partial charge in [0, 0.05) is 11.9 Å². The molecule has 5 nitrogen and oxygen atoms in total. The van der Waals surface area contributed by atoms with E-state index >= 15 is 0 Å². The van der Waals surface area contributed by atoms with Gasteiger partial charge in [0.25, 0.3) is 5.56 Å². The molecule has 1 aromatic heterocycles. The Bertz CT molecular complexity index is 750. The number of ether oxygens (including phenoxy) is 1. The van der Waals surface area contributed by atoms with Crippen molar-refractivity contribution in [3.8, 4) is 5.75 Å². The van der Waals surface area contributed by atoms with Crippen LogP contribution in [0.3, 0.4) is 0 Å². The zero-order valence-corrected chi connectivity index (χ0v) is 13.8. The van der Waals surface area contributed by atoms with Gasteiger partial charge in [-0.15, -0.1) is 0 Å². The minimum atomic E-state index is -0.295. The summed E-state index contributed by atoms with van der Waals surface area (Å²) in [5.41, 5.74) is 2.70. The molecule has 0 radical (unpaired) electrons. The fourth-order valence-electron chi connectivity index (χ4n) is 2.14. The number of carbonyl (C=O) groups excluding carboxylic acids is 1. The molecule has 2 rings (SSSR count). The standard InChI is InChI=1S/C18H22N2O3/c1-4-10-23-16-6-5-9-20(18(16)22)12-17(21)19-15-8-7-13(2)14(3)11-15/h5-9,11H,4,10,12H2,1-3H3,(H,19,21). The summed E-state index contributed by atoms with van der Waals surface area (Å²) in [5, 5.41) is 2.81. The van der Waals surface area contributed by atoms with Gasteiger partial charge >= 0.3 is 0 Å². The van der Waals surface area contributed by atoms with Crippen LogP contribution < -0.4 is 15.6 Å². The third kappa shape index (κ3) is 4.45. The number of aryl methyl sites for hydroxylation is 2. The molecule has 0 bridgehead atoms. The van der Waals surface area contributed by atoms with E-state index in [0.717, 1.165) is 17.7 Å². The van der Waals surface area contributed by atoms with Crippen LogP contribution in [0, 0.1) is 13.8 Å². The lowest BCUT2D eigenvalue weighted by molar-refractivity contribution is -0.116. The van der Waals surface area contributed by atoms with Crippen LogP contribution >= 0.6 is 0 Å². The molecule has 0 spiro atoms. The largest absolute Gasteiger partial charge is 0.488 e. The molecule has 1 amide bonds. The average Bonchev–Trinajstić information content (AvgIpc) is 2.52. The monoisotopic (exact) mass is 314 g/mol. The average molecular weight is 314 g/mol. The summed E-state index contributed by atoms with van der Waals surface area (Å²) in [6.45, 7) is 6.41. The van der Waals surface area contributed by atoms with Gasteiger partial charge in [-0.1, -0.05) is 13.0 Å². The van der Waals surface area contributed by atoms with Crippen LogP contribution in [-0.2, 0) is 11.3 Å². The van der Waals surface area contributed by atoms with E-state index in [4.69, 9.17) is 4.74 Å². The number of nitrogens with one attached hydrogen (secondary N) is 1. The quantitative estimate of drug-likeness (QED) is 0.892. The number of hydrogen-bond donors (Lipinski definition) is 1. The highest BCUT2D eigenvalue weighted by atomic mass is 16.5. The molecule has 122 valence electrons. The summed E-state index contributed by atoms with van der Waals surface area (Å²) in [4.78, 5) is 24.4. The fraction of sp³-hybridized carbons (Fsp3) is 0.333. The summed E-state index contributed by atoms with van der Waals surface area (Å²) in [7, 11) is 0. The SMILES string of the molecule is CCCOc1cccn(CC(=O)Nc2ccc(C)c(C)c2)c1=O. The number of anilines is 1. The molecule has 1 heterocycles. The highest BCUT2D eigenvalue weighted by molar-refractivity contribution is 5.90. The number of amides is 1. The second-order valence-electron chi connectivity index (χ2n) is 5.50. The zero-order valence-electron chi connectivity index (χ0n) is 13.8. The van der Waals surface area contributed by atoms with Crippen molar-refractivity contribution >= 4 is 11.6 Å². The van der Waals surface area contributed by atoms with Crippen molar-refractivity contribution in [3.63, 3.8) is 0 Å². The lowest BCUT2D eigenvalue weighted by Crippen LogP contribution is -2.28. The maximum atomic E-state index is 12.2. The first-order chi connectivity index (χ1) is 11.0. The molecule has 1 N–H and O–H groups in total. The molecule has 5 heteroatoms. The Labute approximate surface area is 135 Å². The number of nitrogens with zero attached hydrogens (tertiary/aromatic N) is 1. The molecule has 2 aromatic rings. The molecule has 0 saturated heterocycles. The number of rotatable bonds is 6. The van der Waals surface area contributed by atoms with E-state index in [-0.39, 0.29) is 23.8 Å². The number of hydrogen-bond acceptors (Lipinski definition) is 3. The van der Waals surface area contributed by atoms with Crippen LogP contribution in [-0.4, -0.2) is 17.1 Å². The number of carbonyl (C=O) groups is 1. The Morgan fingerprint density at radius 2 is 2.00 bits per heavy atom. The van der Waals surface area contributed by atoms with Crippen LogP contribution in [0.15, 0.2) is 41.3 Å². The molecule has 0 aliphatic carbocycles. The van der Waals surface area contributed by atoms with Gasteiger partial charge in [0.15, 0.2) is 5.75 Å². The molecule has 1 aromatic carbocycles. The second kappa shape index (κ2) is 7.63. The van der Waals surface area contributed by atoms with Crippen LogP contribution in [0.25, 0.3) is 0 Å². The minimum absolute atomic E-state index is 0.0465. The van der Waals surface area contributed by atoms with Crippen LogP contribution in [0.5, 0.6) is 5.75 Å². The topological polar surface area (TPSA) is 60.3 Å². The van der Waals surface area contributed by atoms with E-state index in [1.54, 1.807) is 18.3 Å². The molecule has 0 aliphatic heterocycles. The van der Waals surface area contributed by atoms with Gasteiger partial charge in [0.05, 0.1) is 6.61 Å². The molecular weight excluding hydrogens is 292 g/mol. The van der Waals surface area contributed by atoms with Gasteiger partial charge in [-0.05, 0) is 55.7 Å². The van der Waals surface area contributed by atoms with Crippen LogP contribution in [0.2, 0.25) is 0 Å². The highest BCUT2D eigenvalue weighted by Crippen LogP contribution is 2.14. The van der Waals surface area contributed by atoms with Gasteiger partial charge in [-0.25, -0.2) is 0 Å². The lowest BCUT2D eigenvalue weighted by atomic mass is 10.1. The van der Waals surface area contributed by atoms with Gasteiger partial charge in [-0.3, -0.25) is 9.59 Å². The van der Waals surface area contributed by atoms with Crippen LogP contribution in [0.4, 0.5) is 5.69 Å². The second-order valence-corrected chi connectivity index (χ2v) is 5.50. The first-order valence-corrected chi connectivity index (χ1v) is 7.70. The van der Waals surface area contributed by atoms with Crippen molar-refractivity contribution in [2.75, 3.05) is 11.9 Å². The molecular formula is C18H22N2O3. The Balaban J connectivity index is 2.08. The van der Waals surface area contributed by atoms with Gasteiger partial charge in [0.1, 0.15) is 6.54 Å². The molecule has 0 aliphatic rings. The molecule has 0 saturated carbocycles. The third-order valence-electron chi connectivity index (χ3n) is 3.55. The van der Waals surface area contributed by atoms with Crippen molar-refractivity contribution < 1.29 is 9.53 Å². The maximum Gasteiger partial charge on any atom is 0.293 e. The van der Waals surface area contributed by atoms with Crippen molar-refractivity contribution in [3.05, 3.63) is 58.0 Å². The Morgan fingerprint density at radius 3 is 2.70 bits per heavy atom. The predicted octanol–water partition coefficient (Wildman–Crippen LogP) is 2.89. The van der Waals surface area contributed by atoms with E-state index in [9.17, 15) is 9.59 Å². The Kier molecular flexibility index (Phi) is 5.57. The number of pyridine rings is 1. The number of aromatic nitrogens is 1. The van der Waals surface area contributed by atoms with E-state index in [1.807, 2.05) is 39.0 Å². The van der Waals surface area contributed by atoms with Gasteiger partial charge in [0.2, 0.25) is 5.91 Å². The fourth-order valence-corrected chi connectivity index (χ4v) is 2.14. The van der Waals surface area contributed by atoms with Gasteiger partial charge in [-0.2, -0.15) is 0 Å². The Morgan fingerprint density at radius 1 is 1.22 bits per heavy atom. The molecule has 0 unspecified atom stereocenters. The zero-order chi connectivity index (χ0) is 16.8. The molecule has 0 fully saturated rings. The Hall–Kier alpha value is -2.56. The van der Waals surface area contributed by atoms with Crippen molar-refractivity contribution in [1.29, 1.82) is 0 Å². The van der Waals surface area contributed by atoms with E-state index in [0.29, 0.717) is 6.61 Å². The lowest BCUT2D eigenvalue weighted by Gasteiger charge is -2.10. The summed E-state index contributed by atoms with van der Waals surface area (Å²) in [5.74, 6) is 0.0244. The minimum Gasteiger partial charge on any atom is -0.488 e. The summed E-state index contributed by atoms with van der Waals surface area (Å²) < 4.78 is 6.74. The van der Waals surface area contributed by atoms with E-state index in [2.05, 4.69) is 5.32 Å². The molecule has 23 heavy (non-hydrogen) atoms. The van der Waals surface area contributed by atoms with Gasteiger partial charge < -0.3 is 14.6 Å². The summed E-state index contributed by atoms with van der Waals surface area (Å²) in [6, 6.07) is 9.04. The van der Waals surface area contributed by atoms with Crippen molar-refractivity contribution in [2.24, 2.45) is 0 Å². The summed E-state index contributed by atoms with van der Waals surface area (Å²) in [6.07, 6.45) is 2.41. The predicted molar refractivity (Wildman–Crippen MR) is 91.0 cm³/mol. The van der Waals surface area contributed by atoms with Crippen LogP contribution in [0.1, 0.15) is 24.5 Å². The first kappa shape index (κ1) is 16.8. The normalized spacial score (nSPS) is 10.4. The summed E-state index contributed by atoms with van der Waals surface area (Å²) >= 11 is 0. The highest BCUT2D eigenvalue weighted by Gasteiger charge is 2.09. The first-order valence-electron chi connectivity index (χ1n) is 7.70. The number of benzene rings is 1. The van der Waals surface area contributed by atoms with E-state index in [1.165, 1.54) is 10.1 Å². The van der Waals surface area contributed by atoms with Crippen molar-refractivity contribution in [1.82, 2.24) is 4.57 Å². The maximum absolute atomic E-state index is 12.2. The smallest absolute Gasteiger partial charge is 0.293 e. The van der Waals surface area contributed by atoms with E-state index < -0.39 is 0 Å². The third-order valence-corrected chi connectivity index (χ3v) is 3.55.